The van der Waals surface area contributed by atoms with Crippen LogP contribution in [0.25, 0.3) is 0 Å². The maximum absolute atomic E-state index is 12.7. The highest BCUT2D eigenvalue weighted by atomic mass is 32.2. The van der Waals surface area contributed by atoms with Crippen molar-refractivity contribution in [1.82, 2.24) is 9.88 Å². The van der Waals surface area contributed by atoms with E-state index in [0.717, 1.165) is 11.8 Å². The van der Waals surface area contributed by atoms with Gasteiger partial charge in [-0.1, -0.05) is 24.3 Å². The molecule has 3 rings (SSSR count). The van der Waals surface area contributed by atoms with Crippen LogP contribution in [0.2, 0.25) is 0 Å². The second kappa shape index (κ2) is 8.76. The number of benzene rings is 2. The molecule has 152 valence electrons. The van der Waals surface area contributed by atoms with Gasteiger partial charge in [0.2, 0.25) is 0 Å². The number of carbonyl (C=O) groups is 1. The van der Waals surface area contributed by atoms with Crippen LogP contribution in [0.1, 0.15) is 27.0 Å². The lowest BCUT2D eigenvalue weighted by molar-refractivity contribution is 0.0948. The van der Waals surface area contributed by atoms with Crippen LogP contribution in [0.3, 0.4) is 0 Å². The Kier molecular flexibility index (Phi) is 6.14. The summed E-state index contributed by atoms with van der Waals surface area (Å²) < 4.78 is 24.4. The van der Waals surface area contributed by atoms with E-state index >= 15 is 0 Å². The predicted molar refractivity (Wildman–Crippen MR) is 112 cm³/mol. The summed E-state index contributed by atoms with van der Waals surface area (Å²) in [6.07, 6.45) is 2.71. The molecular formula is C22H19N3O4S. The number of hydrogen-bond donors (Lipinski definition) is 1. The Morgan fingerprint density at radius 1 is 1.07 bits per heavy atom. The molecule has 0 aliphatic rings. The van der Waals surface area contributed by atoms with Gasteiger partial charge >= 0.3 is 0 Å². The summed E-state index contributed by atoms with van der Waals surface area (Å²) >= 11 is 0. The zero-order valence-corrected chi connectivity index (χ0v) is 17.0. The molecule has 7 nitrogen and oxygen atoms in total. The molecule has 0 spiro atoms. The van der Waals surface area contributed by atoms with Gasteiger partial charge < -0.3 is 9.88 Å². The van der Waals surface area contributed by atoms with E-state index < -0.39 is 21.3 Å². The summed E-state index contributed by atoms with van der Waals surface area (Å²) in [7, 11) is -3.28. The number of pyridine rings is 1. The Morgan fingerprint density at radius 2 is 1.80 bits per heavy atom. The van der Waals surface area contributed by atoms with E-state index in [-0.39, 0.29) is 23.5 Å². The molecule has 1 aromatic heterocycles. The van der Waals surface area contributed by atoms with Crippen molar-refractivity contribution in [2.24, 2.45) is 0 Å². The number of aromatic nitrogens is 1. The number of rotatable bonds is 6. The molecule has 1 N–H and O–H groups in total. The van der Waals surface area contributed by atoms with Gasteiger partial charge in [-0.05, 0) is 47.5 Å². The molecule has 0 atom stereocenters. The van der Waals surface area contributed by atoms with Gasteiger partial charge in [0.25, 0.3) is 11.5 Å². The van der Waals surface area contributed by atoms with E-state index in [2.05, 4.69) is 11.4 Å². The molecule has 0 saturated heterocycles. The molecule has 0 unspecified atom stereocenters. The van der Waals surface area contributed by atoms with Gasteiger partial charge in [-0.2, -0.15) is 5.26 Å². The molecule has 30 heavy (non-hydrogen) atoms. The maximum Gasteiger partial charge on any atom is 0.263 e. The van der Waals surface area contributed by atoms with Gasteiger partial charge in [0, 0.05) is 19.0 Å². The minimum Gasteiger partial charge on any atom is -0.348 e. The van der Waals surface area contributed by atoms with Crippen LogP contribution in [-0.2, 0) is 22.9 Å². The molecule has 0 aliphatic heterocycles. The summed E-state index contributed by atoms with van der Waals surface area (Å²) in [6.45, 7) is 0.393. The fourth-order valence-electron chi connectivity index (χ4n) is 2.90. The quantitative estimate of drug-likeness (QED) is 0.656. The van der Waals surface area contributed by atoms with E-state index in [1.165, 1.54) is 22.8 Å². The summed E-state index contributed by atoms with van der Waals surface area (Å²) in [5, 5.41) is 11.7. The number of nitrogens with zero attached hydrogens (tertiary/aromatic N) is 2. The minimum absolute atomic E-state index is 0.00157. The van der Waals surface area contributed by atoms with Gasteiger partial charge in [-0.25, -0.2) is 8.42 Å². The van der Waals surface area contributed by atoms with Crippen LogP contribution in [-0.4, -0.2) is 25.1 Å². The summed E-state index contributed by atoms with van der Waals surface area (Å²) in [5.41, 5.74) is 1.54. The normalized spacial score (nSPS) is 10.9. The number of hydrogen-bond acceptors (Lipinski definition) is 5. The zero-order chi connectivity index (χ0) is 21.7. The Labute approximate surface area is 174 Å². The topological polar surface area (TPSA) is 109 Å². The van der Waals surface area contributed by atoms with E-state index in [0.29, 0.717) is 11.1 Å². The summed E-state index contributed by atoms with van der Waals surface area (Å²) in [6, 6.07) is 18.2. The first kappa shape index (κ1) is 21.0. The first-order valence-electron chi connectivity index (χ1n) is 9.03. The Balaban J connectivity index is 1.73. The number of nitriles is 1. The molecule has 0 saturated carbocycles. The largest absolute Gasteiger partial charge is 0.348 e. The van der Waals surface area contributed by atoms with Crippen LogP contribution in [0, 0.1) is 11.3 Å². The average molecular weight is 421 g/mol. The van der Waals surface area contributed by atoms with Gasteiger partial charge in [0.1, 0.15) is 5.56 Å². The minimum atomic E-state index is -3.28. The highest BCUT2D eigenvalue weighted by molar-refractivity contribution is 7.90. The van der Waals surface area contributed by atoms with E-state index in [1.807, 2.05) is 0 Å². The first-order chi connectivity index (χ1) is 14.3. The second-order valence-corrected chi connectivity index (χ2v) is 8.78. The van der Waals surface area contributed by atoms with Crippen LogP contribution in [0.5, 0.6) is 0 Å². The van der Waals surface area contributed by atoms with Crippen LogP contribution < -0.4 is 10.9 Å². The predicted octanol–water partition coefficient (Wildman–Crippen LogP) is 2.10. The van der Waals surface area contributed by atoms with E-state index in [4.69, 9.17) is 5.26 Å². The third-order valence-corrected chi connectivity index (χ3v) is 5.61. The van der Waals surface area contributed by atoms with Crippen molar-refractivity contribution in [2.45, 2.75) is 18.0 Å². The molecule has 1 heterocycles. The molecular weight excluding hydrogens is 402 g/mol. The molecule has 0 aliphatic carbocycles. The molecule has 2 aromatic carbocycles. The van der Waals surface area contributed by atoms with Gasteiger partial charge in [-0.15, -0.1) is 0 Å². The molecule has 8 heteroatoms. The highest BCUT2D eigenvalue weighted by Crippen LogP contribution is 2.10. The summed E-state index contributed by atoms with van der Waals surface area (Å²) in [5.74, 6) is -0.521. The van der Waals surface area contributed by atoms with Crippen molar-refractivity contribution >= 4 is 15.7 Å². The molecule has 0 radical (unpaired) electrons. The molecule has 1 amide bonds. The van der Waals surface area contributed by atoms with Gasteiger partial charge in [0.05, 0.1) is 23.1 Å². The zero-order valence-electron chi connectivity index (χ0n) is 16.2. The molecule has 3 aromatic rings. The SMILES string of the molecule is CS(=O)(=O)c1ccc(CNC(=O)c2cccn(Cc3cccc(C#N)c3)c2=O)cc1. The monoisotopic (exact) mass is 421 g/mol. The standard InChI is InChI=1S/C22H19N3O4S/c1-30(28,29)19-9-7-16(8-10-19)14-24-21(26)20-6-3-11-25(22(20)27)15-18-5-2-4-17(12-18)13-23/h2-12H,14-15H2,1H3,(H,24,26). The lowest BCUT2D eigenvalue weighted by Gasteiger charge is -2.09. The number of nitrogens with one attached hydrogen (secondary N) is 1. The molecule has 0 bridgehead atoms. The Morgan fingerprint density at radius 3 is 2.47 bits per heavy atom. The number of carbonyl (C=O) groups excluding carboxylic acids is 1. The first-order valence-corrected chi connectivity index (χ1v) is 10.9. The number of amides is 1. The van der Waals surface area contributed by atoms with E-state index in [1.54, 1.807) is 48.7 Å². The van der Waals surface area contributed by atoms with Crippen molar-refractivity contribution < 1.29 is 13.2 Å². The lowest BCUT2D eigenvalue weighted by Crippen LogP contribution is -2.32. The Bertz CT molecular complexity index is 1290. The van der Waals surface area contributed by atoms with Gasteiger partial charge in [-0.3, -0.25) is 9.59 Å². The second-order valence-electron chi connectivity index (χ2n) is 6.77. The third-order valence-electron chi connectivity index (χ3n) is 4.48. The summed E-state index contributed by atoms with van der Waals surface area (Å²) in [4.78, 5) is 25.4. The third kappa shape index (κ3) is 5.01. The highest BCUT2D eigenvalue weighted by Gasteiger charge is 2.13. The van der Waals surface area contributed by atoms with E-state index in [9.17, 15) is 18.0 Å². The lowest BCUT2D eigenvalue weighted by atomic mass is 10.1. The molecule has 0 fully saturated rings. The fourth-order valence-corrected chi connectivity index (χ4v) is 3.53. The van der Waals surface area contributed by atoms with Crippen LogP contribution in [0.15, 0.2) is 76.6 Å². The van der Waals surface area contributed by atoms with Crippen molar-refractivity contribution in [3.8, 4) is 6.07 Å². The van der Waals surface area contributed by atoms with Crippen molar-refractivity contribution in [3.63, 3.8) is 0 Å². The van der Waals surface area contributed by atoms with Crippen molar-refractivity contribution in [2.75, 3.05) is 6.26 Å². The van der Waals surface area contributed by atoms with Crippen LogP contribution in [0.4, 0.5) is 0 Å². The average Bonchev–Trinajstić information content (AvgIpc) is 2.73. The van der Waals surface area contributed by atoms with Crippen molar-refractivity contribution in [3.05, 3.63) is 99.5 Å². The fraction of sp³-hybridized carbons (Fsp3) is 0.136. The van der Waals surface area contributed by atoms with Gasteiger partial charge in [0.15, 0.2) is 9.84 Å². The van der Waals surface area contributed by atoms with Crippen molar-refractivity contribution in [1.29, 1.82) is 5.26 Å². The maximum atomic E-state index is 12.7. The number of sulfone groups is 1. The Hall–Kier alpha value is -3.70. The smallest absolute Gasteiger partial charge is 0.263 e. The van der Waals surface area contributed by atoms with Crippen LogP contribution >= 0.6 is 0 Å².